The molecule has 0 spiro atoms. The highest BCUT2D eigenvalue weighted by atomic mass is 16.3. The van der Waals surface area contributed by atoms with Gasteiger partial charge in [-0.3, -0.25) is 9.89 Å². The van der Waals surface area contributed by atoms with E-state index < -0.39 is 12.1 Å². The Morgan fingerprint density at radius 1 is 0.864 bits per heavy atom. The molecular formula is C35H36N6O3. The summed E-state index contributed by atoms with van der Waals surface area (Å²) in [5.41, 5.74) is 11.3. The summed E-state index contributed by atoms with van der Waals surface area (Å²) in [6.07, 6.45) is 1.88. The fraction of sp³-hybridized carbons (Fsp3) is 0.229. The molecule has 1 fully saturated rings. The lowest BCUT2D eigenvalue weighted by Crippen LogP contribution is -2.52. The van der Waals surface area contributed by atoms with Crippen molar-refractivity contribution in [3.63, 3.8) is 0 Å². The summed E-state index contributed by atoms with van der Waals surface area (Å²) in [5, 5.41) is 22.7. The quantitative estimate of drug-likeness (QED) is 0.211. The number of aromatic nitrogens is 2. The molecule has 1 aromatic heterocycles. The lowest BCUT2D eigenvalue weighted by atomic mass is 9.99. The van der Waals surface area contributed by atoms with E-state index in [1.54, 1.807) is 17.2 Å². The molecule has 1 aliphatic rings. The van der Waals surface area contributed by atoms with Crippen LogP contribution in [0, 0.1) is 0 Å². The van der Waals surface area contributed by atoms with Crippen LogP contribution in [0.4, 0.5) is 10.5 Å². The number of nitrogens with two attached hydrogens (primary N) is 1. The Hall–Kier alpha value is -5.15. The van der Waals surface area contributed by atoms with Crippen LogP contribution in [0.1, 0.15) is 28.7 Å². The summed E-state index contributed by atoms with van der Waals surface area (Å²) in [7, 11) is 0. The van der Waals surface area contributed by atoms with E-state index in [9.17, 15) is 14.7 Å². The van der Waals surface area contributed by atoms with Crippen LogP contribution in [0.15, 0.2) is 109 Å². The number of hydrogen-bond acceptors (Lipinski definition) is 5. The van der Waals surface area contributed by atoms with Crippen LogP contribution in [-0.2, 0) is 30.7 Å². The van der Waals surface area contributed by atoms with Gasteiger partial charge in [0.1, 0.15) is 0 Å². The number of rotatable bonds is 9. The van der Waals surface area contributed by atoms with Gasteiger partial charge in [-0.25, -0.2) is 14.8 Å². The molecule has 4 aromatic carbocycles. The number of aliphatic hydroxyl groups is 1. The number of benzene rings is 4. The first-order valence-electron chi connectivity index (χ1n) is 14.9. The zero-order chi connectivity index (χ0) is 30.5. The molecule has 2 atom stereocenters. The van der Waals surface area contributed by atoms with Crippen molar-refractivity contribution in [3.8, 4) is 0 Å². The number of urea groups is 1. The second kappa shape index (κ2) is 13.0. The molecule has 5 aromatic rings. The van der Waals surface area contributed by atoms with Crippen molar-refractivity contribution >= 4 is 28.5 Å². The van der Waals surface area contributed by atoms with Gasteiger partial charge in [0, 0.05) is 24.0 Å². The van der Waals surface area contributed by atoms with Gasteiger partial charge in [0.2, 0.25) is 5.91 Å². The number of H-pyrrole nitrogens is 1. The van der Waals surface area contributed by atoms with Gasteiger partial charge in [-0.05, 0) is 59.4 Å². The van der Waals surface area contributed by atoms with E-state index in [0.717, 1.165) is 33.2 Å². The Balaban J connectivity index is 1.37. The van der Waals surface area contributed by atoms with Crippen LogP contribution < -0.4 is 5.73 Å². The fourth-order valence-corrected chi connectivity index (χ4v) is 5.85. The molecule has 9 nitrogen and oxygen atoms in total. The van der Waals surface area contributed by atoms with Crippen molar-refractivity contribution in [1.29, 1.82) is 0 Å². The molecule has 1 saturated heterocycles. The largest absolute Gasteiger partial charge is 0.399 e. The van der Waals surface area contributed by atoms with Gasteiger partial charge in [0.15, 0.2) is 0 Å². The number of aryl methyl sites for hydroxylation is 1. The Morgan fingerprint density at radius 3 is 2.32 bits per heavy atom. The van der Waals surface area contributed by atoms with E-state index in [1.165, 1.54) is 10.0 Å². The molecule has 4 N–H and O–H groups in total. The number of aromatic amines is 1. The number of hydrogen-bond donors (Lipinski definition) is 3. The highest BCUT2D eigenvalue weighted by Crippen LogP contribution is 2.27. The number of carbonyl (C=O) groups is 2. The van der Waals surface area contributed by atoms with Crippen LogP contribution in [-0.4, -0.2) is 60.9 Å². The molecule has 0 unspecified atom stereocenters. The monoisotopic (exact) mass is 588 g/mol. The molecule has 6 rings (SSSR count). The lowest BCUT2D eigenvalue weighted by molar-refractivity contribution is -0.147. The first-order valence-corrected chi connectivity index (χ1v) is 14.9. The number of β-amino-alcohol motifs (C(OH)–C–C–N with tert-alkyl or cyclic N) is 1. The Labute approximate surface area is 256 Å². The van der Waals surface area contributed by atoms with E-state index in [0.29, 0.717) is 18.5 Å². The van der Waals surface area contributed by atoms with Crippen molar-refractivity contribution in [3.05, 3.63) is 132 Å². The smallest absolute Gasteiger partial charge is 0.339 e. The Bertz CT molecular complexity index is 1720. The summed E-state index contributed by atoms with van der Waals surface area (Å²) in [6.45, 7) is 0.356. The number of nitrogens with zero attached hydrogens (tertiary/aromatic N) is 4. The van der Waals surface area contributed by atoms with Crippen LogP contribution in [0.25, 0.3) is 10.9 Å². The number of amides is 3. The minimum absolute atomic E-state index is 0.0156. The number of aliphatic hydroxyl groups excluding tert-OH is 1. The van der Waals surface area contributed by atoms with Crippen molar-refractivity contribution in [2.24, 2.45) is 0 Å². The summed E-state index contributed by atoms with van der Waals surface area (Å²) < 4.78 is 0. The molecule has 3 amide bonds. The molecule has 224 valence electrons. The molecule has 0 radical (unpaired) electrons. The van der Waals surface area contributed by atoms with Crippen molar-refractivity contribution in [2.75, 3.05) is 12.3 Å². The maximum Gasteiger partial charge on any atom is 0.339 e. The second-order valence-electron chi connectivity index (χ2n) is 11.3. The molecule has 2 heterocycles. The third-order valence-corrected chi connectivity index (χ3v) is 8.15. The van der Waals surface area contributed by atoms with Gasteiger partial charge >= 0.3 is 6.03 Å². The molecule has 9 heteroatoms. The summed E-state index contributed by atoms with van der Waals surface area (Å²) in [6, 6.07) is 31.9. The van der Waals surface area contributed by atoms with Crippen molar-refractivity contribution in [2.45, 2.75) is 44.5 Å². The zero-order valence-corrected chi connectivity index (χ0v) is 24.4. The average molecular weight is 589 g/mol. The Morgan fingerprint density at radius 2 is 1.57 bits per heavy atom. The first-order chi connectivity index (χ1) is 21.4. The van der Waals surface area contributed by atoms with E-state index in [-0.39, 0.29) is 38.0 Å². The summed E-state index contributed by atoms with van der Waals surface area (Å²) >= 11 is 0. The second-order valence-corrected chi connectivity index (χ2v) is 11.3. The standard InChI is InChI=1S/C35H36N6O3/c36-30-13-7-12-27(19-30)22-39-32(20-26-10-5-2-6-11-26)33(42)24-40(34(43)17-15-25-8-3-1-4-9-25)41(35(39)44)23-28-14-16-31-29(18-28)21-37-38-31/h1-14,16,18-19,21,32-33,42H,15,17,20,22-24,36H2,(H,37,38)/t32-,33-/m1/s1. The third kappa shape index (κ3) is 6.58. The molecular weight excluding hydrogens is 552 g/mol. The minimum Gasteiger partial charge on any atom is -0.399 e. The minimum atomic E-state index is -0.998. The zero-order valence-electron chi connectivity index (χ0n) is 24.4. The normalized spacial score (nSPS) is 17.2. The number of hydrazine groups is 1. The summed E-state index contributed by atoms with van der Waals surface area (Å²) in [5.74, 6) is -0.227. The first kappa shape index (κ1) is 28.9. The Kier molecular flexibility index (Phi) is 8.56. The number of nitrogens with one attached hydrogen (secondary N) is 1. The highest BCUT2D eigenvalue weighted by molar-refractivity contribution is 5.83. The third-order valence-electron chi connectivity index (χ3n) is 8.15. The average Bonchev–Trinajstić information content (AvgIpc) is 3.49. The molecule has 1 aliphatic heterocycles. The van der Waals surface area contributed by atoms with Crippen molar-refractivity contribution in [1.82, 2.24) is 25.1 Å². The molecule has 0 aliphatic carbocycles. The number of anilines is 1. The van der Waals surface area contributed by atoms with E-state index in [2.05, 4.69) is 10.2 Å². The van der Waals surface area contributed by atoms with Crippen molar-refractivity contribution < 1.29 is 14.7 Å². The highest BCUT2D eigenvalue weighted by Gasteiger charge is 2.41. The van der Waals surface area contributed by atoms with Crippen LogP contribution in [0.2, 0.25) is 0 Å². The van der Waals surface area contributed by atoms with Gasteiger partial charge < -0.3 is 15.7 Å². The lowest BCUT2D eigenvalue weighted by Gasteiger charge is -2.36. The molecule has 0 bridgehead atoms. The predicted octanol–water partition coefficient (Wildman–Crippen LogP) is 4.93. The van der Waals surface area contributed by atoms with Gasteiger partial charge in [-0.15, -0.1) is 0 Å². The molecule has 0 saturated carbocycles. The topological polar surface area (TPSA) is 119 Å². The van der Waals surface area contributed by atoms with E-state index in [1.807, 2.05) is 97.1 Å². The van der Waals surface area contributed by atoms with E-state index in [4.69, 9.17) is 5.73 Å². The maximum absolute atomic E-state index is 14.7. The van der Waals surface area contributed by atoms with Gasteiger partial charge in [0.25, 0.3) is 0 Å². The van der Waals surface area contributed by atoms with Gasteiger partial charge in [0.05, 0.1) is 36.9 Å². The van der Waals surface area contributed by atoms with Crippen LogP contribution in [0.5, 0.6) is 0 Å². The van der Waals surface area contributed by atoms with E-state index >= 15 is 0 Å². The number of carbonyl (C=O) groups excluding carboxylic acids is 2. The number of nitrogen functional groups attached to an aromatic ring is 1. The van der Waals surface area contributed by atoms with Gasteiger partial charge in [-0.2, -0.15) is 5.10 Å². The van der Waals surface area contributed by atoms with Crippen LogP contribution in [0.3, 0.4) is 0 Å². The predicted molar refractivity (Wildman–Crippen MR) is 170 cm³/mol. The molecule has 44 heavy (non-hydrogen) atoms. The fourth-order valence-electron chi connectivity index (χ4n) is 5.85. The van der Waals surface area contributed by atoms with Crippen LogP contribution >= 0.6 is 0 Å². The SMILES string of the molecule is Nc1cccc(CN2C(=O)N(Cc3ccc4[nH]ncc4c3)N(C(=O)CCc3ccccc3)C[C@@H](O)[C@H]2Cc2ccccc2)c1. The number of fused-ring (bicyclic) bond motifs is 1. The van der Waals surface area contributed by atoms with Gasteiger partial charge in [-0.1, -0.05) is 78.9 Å². The maximum atomic E-state index is 14.7. The summed E-state index contributed by atoms with van der Waals surface area (Å²) in [4.78, 5) is 30.3.